The van der Waals surface area contributed by atoms with Crippen LogP contribution < -0.4 is 5.73 Å². The predicted octanol–water partition coefficient (Wildman–Crippen LogP) is 2.56. The number of rotatable bonds is 7. The molecule has 1 amide bonds. The van der Waals surface area contributed by atoms with E-state index in [4.69, 9.17) is 10.8 Å². The Morgan fingerprint density at radius 3 is 1.62 bits per heavy atom. The number of aliphatic carboxylic acids is 1. The summed E-state index contributed by atoms with van der Waals surface area (Å²) in [5.74, 6) is -0.948. The summed E-state index contributed by atoms with van der Waals surface area (Å²) in [6, 6.07) is 0. The van der Waals surface area contributed by atoms with Gasteiger partial charge >= 0.3 is 5.97 Å². The molecule has 0 saturated carbocycles. The minimum absolute atomic E-state index is 0.102. The Balaban J connectivity index is 0. The number of carboxylic acids is 1. The van der Waals surface area contributed by atoms with Crippen molar-refractivity contribution < 1.29 is 14.7 Å². The summed E-state index contributed by atoms with van der Waals surface area (Å²) in [5, 5.41) is 8.64. The number of primary amides is 1. The summed E-state index contributed by atoms with van der Waals surface area (Å²) < 4.78 is 0. The van der Waals surface area contributed by atoms with E-state index in [9.17, 15) is 9.59 Å². The number of amides is 1. The van der Waals surface area contributed by atoms with E-state index in [1.54, 1.807) is 0 Å². The van der Waals surface area contributed by atoms with Crippen LogP contribution >= 0.6 is 0 Å². The molecule has 0 aromatic rings. The molecule has 0 aliphatic rings. The maximum Gasteiger partial charge on any atom is 0.306 e. The first-order chi connectivity index (χ1) is 7.49. The van der Waals surface area contributed by atoms with Crippen LogP contribution in [-0.4, -0.2) is 17.0 Å². The van der Waals surface area contributed by atoms with E-state index in [1.807, 2.05) is 20.8 Å². The van der Waals surface area contributed by atoms with Crippen molar-refractivity contribution in [3.63, 3.8) is 0 Å². The van der Waals surface area contributed by atoms with Crippen molar-refractivity contribution in [3.05, 3.63) is 0 Å². The minimum Gasteiger partial charge on any atom is -0.481 e. The molecule has 0 aliphatic carbocycles. The molecule has 0 aromatic heterocycles. The van der Waals surface area contributed by atoms with Crippen molar-refractivity contribution in [2.75, 3.05) is 0 Å². The van der Waals surface area contributed by atoms with E-state index < -0.39 is 5.97 Å². The average Bonchev–Trinajstić information content (AvgIpc) is 2.18. The van der Waals surface area contributed by atoms with E-state index in [0.717, 1.165) is 32.1 Å². The first-order valence-corrected chi connectivity index (χ1v) is 6.00. The molecule has 0 aromatic carbocycles. The summed E-state index contributed by atoms with van der Waals surface area (Å²) in [5.41, 5.74) is 4.76. The van der Waals surface area contributed by atoms with Crippen molar-refractivity contribution in [1.29, 1.82) is 0 Å². The second-order valence-corrected chi connectivity index (χ2v) is 3.83. The third-order valence-corrected chi connectivity index (χ3v) is 2.12. The second-order valence-electron chi connectivity index (χ2n) is 3.83. The highest BCUT2D eigenvalue weighted by atomic mass is 16.4. The predicted molar refractivity (Wildman–Crippen MR) is 65.0 cm³/mol. The molecule has 0 bridgehead atoms. The first-order valence-electron chi connectivity index (χ1n) is 6.00. The molecule has 0 fully saturated rings. The van der Waals surface area contributed by atoms with Crippen molar-refractivity contribution >= 4 is 11.9 Å². The van der Waals surface area contributed by atoms with Gasteiger partial charge in [0.05, 0.1) is 5.92 Å². The molecule has 16 heavy (non-hydrogen) atoms. The fourth-order valence-electron chi connectivity index (χ4n) is 1.33. The van der Waals surface area contributed by atoms with Gasteiger partial charge in [0, 0.05) is 6.42 Å². The van der Waals surface area contributed by atoms with Crippen molar-refractivity contribution in [1.82, 2.24) is 0 Å². The van der Waals surface area contributed by atoms with Crippen molar-refractivity contribution in [3.8, 4) is 0 Å². The normalized spacial score (nSPS) is 9.50. The molecule has 4 heteroatoms. The van der Waals surface area contributed by atoms with Gasteiger partial charge in [-0.2, -0.15) is 0 Å². The van der Waals surface area contributed by atoms with Gasteiger partial charge in [0.1, 0.15) is 0 Å². The molecule has 0 unspecified atom stereocenters. The van der Waals surface area contributed by atoms with Crippen LogP contribution in [0.3, 0.4) is 0 Å². The molecular formula is C12H25NO3. The molecule has 0 heterocycles. The van der Waals surface area contributed by atoms with Gasteiger partial charge in [-0.25, -0.2) is 0 Å². The second kappa shape index (κ2) is 12.0. The summed E-state index contributed by atoms with van der Waals surface area (Å²) in [6.45, 7) is 5.96. The number of nitrogens with two attached hydrogens (primary N) is 1. The highest BCUT2D eigenvalue weighted by Gasteiger charge is 2.13. The molecule has 0 radical (unpaired) electrons. The largest absolute Gasteiger partial charge is 0.481 e. The Bertz CT molecular complexity index is 187. The highest BCUT2D eigenvalue weighted by Crippen LogP contribution is 2.12. The Labute approximate surface area is 98.2 Å². The average molecular weight is 231 g/mol. The Hall–Kier alpha value is -1.06. The van der Waals surface area contributed by atoms with Gasteiger partial charge in [0.2, 0.25) is 5.91 Å². The smallest absolute Gasteiger partial charge is 0.306 e. The SMILES string of the molecule is CCCC(CCC)C(=O)O.CCCC(N)=O. The molecular weight excluding hydrogens is 206 g/mol. The van der Waals surface area contributed by atoms with Crippen molar-refractivity contribution in [2.45, 2.75) is 59.3 Å². The summed E-state index contributed by atoms with van der Waals surface area (Å²) in [6.07, 6.45) is 4.95. The van der Waals surface area contributed by atoms with E-state index in [-0.39, 0.29) is 11.8 Å². The molecule has 0 spiro atoms. The third kappa shape index (κ3) is 12.9. The highest BCUT2D eigenvalue weighted by molar-refractivity contribution is 5.73. The maximum absolute atomic E-state index is 10.5. The number of hydrogen-bond acceptors (Lipinski definition) is 2. The number of carbonyl (C=O) groups excluding carboxylic acids is 1. The lowest BCUT2D eigenvalue weighted by Gasteiger charge is -2.07. The van der Waals surface area contributed by atoms with Gasteiger partial charge in [-0.15, -0.1) is 0 Å². The number of hydrogen-bond donors (Lipinski definition) is 2. The lowest BCUT2D eigenvalue weighted by Crippen LogP contribution is -2.12. The molecule has 3 N–H and O–H groups in total. The third-order valence-electron chi connectivity index (χ3n) is 2.12. The van der Waals surface area contributed by atoms with Gasteiger partial charge in [-0.1, -0.05) is 33.6 Å². The van der Waals surface area contributed by atoms with Crippen LogP contribution in [0.25, 0.3) is 0 Å². The van der Waals surface area contributed by atoms with Crippen LogP contribution in [0.15, 0.2) is 0 Å². The standard InChI is InChI=1S/C8H16O2.C4H9NO/c1-3-5-7(6-4-2)8(9)10;1-2-3-4(5)6/h7H,3-6H2,1-2H3,(H,9,10);2-3H2,1H3,(H2,5,6). The topological polar surface area (TPSA) is 80.4 Å². The Morgan fingerprint density at radius 2 is 1.50 bits per heavy atom. The van der Waals surface area contributed by atoms with E-state index in [1.165, 1.54) is 0 Å². The molecule has 4 nitrogen and oxygen atoms in total. The summed E-state index contributed by atoms with van der Waals surface area (Å²) >= 11 is 0. The summed E-state index contributed by atoms with van der Waals surface area (Å²) in [4.78, 5) is 20.3. The molecule has 0 saturated heterocycles. The van der Waals surface area contributed by atoms with Crippen LogP contribution in [0, 0.1) is 5.92 Å². The maximum atomic E-state index is 10.5. The molecule has 96 valence electrons. The van der Waals surface area contributed by atoms with E-state index in [0.29, 0.717) is 6.42 Å². The number of carbonyl (C=O) groups is 2. The fraction of sp³-hybridized carbons (Fsp3) is 0.833. The van der Waals surface area contributed by atoms with Crippen LogP contribution in [-0.2, 0) is 9.59 Å². The van der Waals surface area contributed by atoms with Gasteiger partial charge in [0.15, 0.2) is 0 Å². The lowest BCUT2D eigenvalue weighted by atomic mass is 9.99. The van der Waals surface area contributed by atoms with Gasteiger partial charge < -0.3 is 10.8 Å². The minimum atomic E-state index is -0.635. The van der Waals surface area contributed by atoms with E-state index in [2.05, 4.69) is 0 Å². The van der Waals surface area contributed by atoms with Crippen LogP contribution in [0.4, 0.5) is 0 Å². The van der Waals surface area contributed by atoms with Crippen LogP contribution in [0.5, 0.6) is 0 Å². The Kier molecular flexibility index (Phi) is 13.0. The van der Waals surface area contributed by atoms with Gasteiger partial charge in [0.25, 0.3) is 0 Å². The van der Waals surface area contributed by atoms with E-state index >= 15 is 0 Å². The lowest BCUT2D eigenvalue weighted by molar-refractivity contribution is -0.142. The van der Waals surface area contributed by atoms with Gasteiger partial charge in [-0.05, 0) is 19.3 Å². The first kappa shape index (κ1) is 17.3. The Morgan fingerprint density at radius 1 is 1.06 bits per heavy atom. The summed E-state index contributed by atoms with van der Waals surface area (Å²) in [7, 11) is 0. The zero-order valence-electron chi connectivity index (χ0n) is 10.7. The van der Waals surface area contributed by atoms with Crippen LogP contribution in [0.1, 0.15) is 59.3 Å². The zero-order valence-corrected chi connectivity index (χ0v) is 10.7. The zero-order chi connectivity index (χ0) is 13.0. The molecule has 0 rings (SSSR count). The molecule has 0 atom stereocenters. The quantitative estimate of drug-likeness (QED) is 0.706. The number of carboxylic acid groups (broad SMARTS) is 1. The monoisotopic (exact) mass is 231 g/mol. The van der Waals surface area contributed by atoms with Crippen LogP contribution in [0.2, 0.25) is 0 Å². The molecule has 0 aliphatic heterocycles. The van der Waals surface area contributed by atoms with Crippen molar-refractivity contribution in [2.24, 2.45) is 11.7 Å². The van der Waals surface area contributed by atoms with Gasteiger partial charge in [-0.3, -0.25) is 9.59 Å². The fourth-order valence-corrected chi connectivity index (χ4v) is 1.33.